The minimum atomic E-state index is 0.299. The van der Waals surface area contributed by atoms with Crippen LogP contribution < -0.4 is 10.1 Å². The van der Waals surface area contributed by atoms with Gasteiger partial charge in [0.15, 0.2) is 0 Å². The molecule has 20 heavy (non-hydrogen) atoms. The second-order valence-electron chi connectivity index (χ2n) is 5.26. The van der Waals surface area contributed by atoms with Gasteiger partial charge < -0.3 is 10.1 Å². The largest absolute Gasteiger partial charge is 0.493 e. The maximum atomic E-state index is 5.71. The molecule has 0 amide bonds. The molecule has 1 atom stereocenters. The highest BCUT2D eigenvalue weighted by Gasteiger charge is 2.17. The summed E-state index contributed by atoms with van der Waals surface area (Å²) in [6.07, 6.45) is 3.41. The number of nitrogens with one attached hydrogen (secondary N) is 1. The van der Waals surface area contributed by atoms with E-state index in [1.807, 2.05) is 0 Å². The van der Waals surface area contributed by atoms with E-state index >= 15 is 0 Å². The van der Waals surface area contributed by atoms with Gasteiger partial charge in [0.2, 0.25) is 0 Å². The van der Waals surface area contributed by atoms with Gasteiger partial charge in [-0.3, -0.25) is 0 Å². The van der Waals surface area contributed by atoms with Gasteiger partial charge in [-0.2, -0.15) is 11.3 Å². The number of ether oxygens (including phenoxy) is 1. The summed E-state index contributed by atoms with van der Waals surface area (Å²) in [5.41, 5.74) is 4.06. The van der Waals surface area contributed by atoms with E-state index in [1.54, 1.807) is 11.3 Å². The lowest BCUT2D eigenvalue weighted by molar-refractivity contribution is 0.288. The van der Waals surface area contributed by atoms with E-state index in [0.29, 0.717) is 6.04 Å². The van der Waals surface area contributed by atoms with Crippen LogP contribution in [0.1, 0.15) is 42.5 Å². The summed E-state index contributed by atoms with van der Waals surface area (Å²) in [5, 5.41) is 8.05. The van der Waals surface area contributed by atoms with Gasteiger partial charge in [0.25, 0.3) is 0 Å². The fourth-order valence-corrected chi connectivity index (χ4v) is 3.40. The molecule has 1 aromatic heterocycles. The van der Waals surface area contributed by atoms with Crippen molar-refractivity contribution in [1.29, 1.82) is 0 Å². The molecule has 3 heteroatoms. The maximum Gasteiger partial charge on any atom is 0.122 e. The van der Waals surface area contributed by atoms with Gasteiger partial charge in [-0.25, -0.2) is 0 Å². The van der Waals surface area contributed by atoms with Crippen LogP contribution in [0.2, 0.25) is 0 Å². The van der Waals surface area contributed by atoms with Crippen LogP contribution in [0.4, 0.5) is 0 Å². The molecule has 1 unspecified atom stereocenters. The fourth-order valence-electron chi connectivity index (χ4n) is 2.72. The van der Waals surface area contributed by atoms with Gasteiger partial charge in [0, 0.05) is 0 Å². The van der Waals surface area contributed by atoms with Crippen molar-refractivity contribution in [2.45, 2.75) is 32.2 Å². The molecule has 1 N–H and O–H groups in total. The molecule has 2 aromatic rings. The zero-order valence-corrected chi connectivity index (χ0v) is 12.7. The Morgan fingerprint density at radius 1 is 1.30 bits per heavy atom. The van der Waals surface area contributed by atoms with E-state index in [-0.39, 0.29) is 0 Å². The molecule has 0 spiro atoms. The minimum Gasteiger partial charge on any atom is -0.493 e. The van der Waals surface area contributed by atoms with E-state index in [0.717, 1.165) is 38.2 Å². The molecule has 1 aliphatic rings. The maximum absolute atomic E-state index is 5.71. The van der Waals surface area contributed by atoms with E-state index < -0.39 is 0 Å². The number of aryl methyl sites for hydroxylation is 1. The standard InChI is InChI=1S/C17H21NOS/c1-2-8-18-17(15-7-10-20-12-15)14-5-6-16-13(11-14)4-3-9-19-16/h5-7,10-12,17-18H,2-4,8-9H2,1H3. The summed E-state index contributed by atoms with van der Waals surface area (Å²) in [7, 11) is 0. The number of hydrogen-bond acceptors (Lipinski definition) is 3. The number of thiophene rings is 1. The van der Waals surface area contributed by atoms with Crippen LogP contribution in [0.25, 0.3) is 0 Å². The summed E-state index contributed by atoms with van der Waals surface area (Å²) in [4.78, 5) is 0. The quantitative estimate of drug-likeness (QED) is 0.891. The van der Waals surface area contributed by atoms with E-state index in [9.17, 15) is 0 Å². The van der Waals surface area contributed by atoms with Crippen LogP contribution in [0.3, 0.4) is 0 Å². The zero-order valence-electron chi connectivity index (χ0n) is 11.9. The molecule has 3 rings (SSSR count). The average Bonchev–Trinajstić information content (AvgIpc) is 3.02. The molecule has 0 saturated carbocycles. The summed E-state index contributed by atoms with van der Waals surface area (Å²) in [6.45, 7) is 4.10. The first-order valence-electron chi connectivity index (χ1n) is 7.39. The highest BCUT2D eigenvalue weighted by molar-refractivity contribution is 7.08. The first-order valence-corrected chi connectivity index (χ1v) is 8.34. The number of fused-ring (bicyclic) bond motifs is 1. The smallest absolute Gasteiger partial charge is 0.122 e. The van der Waals surface area contributed by atoms with Crippen LogP contribution in [-0.4, -0.2) is 13.2 Å². The Kier molecular flexibility index (Phi) is 4.38. The SMILES string of the molecule is CCCNC(c1ccsc1)c1ccc2c(c1)CCCO2. The summed E-state index contributed by atoms with van der Waals surface area (Å²) >= 11 is 1.76. The van der Waals surface area contributed by atoms with Crippen LogP contribution in [-0.2, 0) is 6.42 Å². The Hall–Kier alpha value is -1.32. The van der Waals surface area contributed by atoms with Crippen LogP contribution in [0.5, 0.6) is 5.75 Å². The van der Waals surface area contributed by atoms with Crippen molar-refractivity contribution >= 4 is 11.3 Å². The molecule has 0 bridgehead atoms. The third kappa shape index (κ3) is 2.89. The van der Waals surface area contributed by atoms with E-state index in [1.165, 1.54) is 16.7 Å². The molecule has 0 aliphatic carbocycles. The van der Waals surface area contributed by atoms with Crippen molar-refractivity contribution in [3.8, 4) is 5.75 Å². The second-order valence-corrected chi connectivity index (χ2v) is 6.04. The van der Waals surface area contributed by atoms with Crippen molar-refractivity contribution in [1.82, 2.24) is 5.32 Å². The van der Waals surface area contributed by atoms with Gasteiger partial charge in [0.1, 0.15) is 5.75 Å². The highest BCUT2D eigenvalue weighted by Crippen LogP contribution is 2.31. The van der Waals surface area contributed by atoms with E-state index in [4.69, 9.17) is 4.74 Å². The van der Waals surface area contributed by atoms with Crippen LogP contribution in [0.15, 0.2) is 35.0 Å². The number of hydrogen-bond donors (Lipinski definition) is 1. The Balaban J connectivity index is 1.90. The van der Waals surface area contributed by atoms with Crippen molar-refractivity contribution in [2.24, 2.45) is 0 Å². The summed E-state index contributed by atoms with van der Waals surface area (Å²) in [5.74, 6) is 1.07. The summed E-state index contributed by atoms with van der Waals surface area (Å²) < 4.78 is 5.71. The Morgan fingerprint density at radius 3 is 3.05 bits per heavy atom. The van der Waals surface area contributed by atoms with Gasteiger partial charge in [-0.15, -0.1) is 0 Å². The molecular formula is C17H21NOS. The molecular weight excluding hydrogens is 266 g/mol. The third-order valence-electron chi connectivity index (χ3n) is 3.74. The lowest BCUT2D eigenvalue weighted by Gasteiger charge is -2.22. The normalized spacial score (nSPS) is 15.4. The van der Waals surface area contributed by atoms with Gasteiger partial charge in [0.05, 0.1) is 12.6 Å². The zero-order chi connectivity index (χ0) is 13.8. The summed E-state index contributed by atoms with van der Waals surface area (Å²) in [6, 6.07) is 9.17. The lowest BCUT2D eigenvalue weighted by Crippen LogP contribution is -2.23. The first kappa shape index (κ1) is 13.7. The van der Waals surface area contributed by atoms with Crippen LogP contribution in [0, 0.1) is 0 Å². The second kappa shape index (κ2) is 6.42. The third-order valence-corrected chi connectivity index (χ3v) is 4.44. The molecule has 0 radical (unpaired) electrons. The fraction of sp³-hybridized carbons (Fsp3) is 0.412. The Morgan fingerprint density at radius 2 is 2.25 bits per heavy atom. The lowest BCUT2D eigenvalue weighted by atomic mass is 9.96. The molecule has 106 valence electrons. The predicted molar refractivity (Wildman–Crippen MR) is 84.7 cm³/mol. The highest BCUT2D eigenvalue weighted by atomic mass is 32.1. The number of rotatable bonds is 5. The van der Waals surface area contributed by atoms with Crippen molar-refractivity contribution in [3.05, 3.63) is 51.7 Å². The molecule has 1 aliphatic heterocycles. The van der Waals surface area contributed by atoms with Crippen molar-refractivity contribution in [2.75, 3.05) is 13.2 Å². The Bertz CT molecular complexity index is 550. The molecule has 2 heterocycles. The predicted octanol–water partition coefficient (Wildman–Crippen LogP) is 4.16. The molecule has 2 nitrogen and oxygen atoms in total. The molecule has 0 fully saturated rings. The van der Waals surface area contributed by atoms with Crippen molar-refractivity contribution in [3.63, 3.8) is 0 Å². The first-order chi connectivity index (χ1) is 9.88. The molecule has 1 aromatic carbocycles. The van der Waals surface area contributed by atoms with Crippen molar-refractivity contribution < 1.29 is 4.74 Å². The average molecular weight is 287 g/mol. The van der Waals surface area contributed by atoms with E-state index in [2.05, 4.69) is 47.3 Å². The Labute approximate surface area is 124 Å². The monoisotopic (exact) mass is 287 g/mol. The van der Waals surface area contributed by atoms with Crippen LogP contribution >= 0.6 is 11.3 Å². The molecule has 0 saturated heterocycles. The minimum absolute atomic E-state index is 0.299. The van der Waals surface area contributed by atoms with Gasteiger partial charge in [-0.1, -0.05) is 19.1 Å². The van der Waals surface area contributed by atoms with Gasteiger partial charge >= 0.3 is 0 Å². The topological polar surface area (TPSA) is 21.3 Å². The number of benzene rings is 1. The van der Waals surface area contributed by atoms with Gasteiger partial charge in [-0.05, 0) is 65.4 Å².